The molecule has 0 aliphatic rings. The minimum atomic E-state index is -0.371. The number of aromatic nitrogens is 2. The predicted molar refractivity (Wildman–Crippen MR) is 82.5 cm³/mol. The van der Waals surface area contributed by atoms with E-state index in [-0.39, 0.29) is 12.6 Å². The molecule has 1 aromatic rings. The highest BCUT2D eigenvalue weighted by atomic mass is 31.1. The van der Waals surface area contributed by atoms with Crippen molar-refractivity contribution in [1.29, 1.82) is 0 Å². The molecular weight excluding hydrogens is 253 g/mol. The Labute approximate surface area is 102 Å². The zero-order chi connectivity index (χ0) is 12.2. The Morgan fingerprint density at radius 2 is 2.25 bits per heavy atom. The molecule has 0 saturated heterocycles. The fraction of sp³-hybridized carbons (Fsp3) is 0.455. The Hall–Kier alpha value is -0.280. The minimum Gasteiger partial charge on any atom is -0.285 e. The van der Waals surface area contributed by atoms with Gasteiger partial charge in [-0.2, -0.15) is 0 Å². The molecule has 0 N–H and O–H groups in total. The Balaban J connectivity index is 3.23. The van der Waals surface area contributed by atoms with Crippen LogP contribution in [0.25, 0.3) is 0 Å². The molecule has 0 saturated carbocycles. The third-order valence-electron chi connectivity index (χ3n) is 2.60. The second-order valence-corrected chi connectivity index (χ2v) is 7.95. The zero-order valence-corrected chi connectivity index (χ0v) is 12.6. The van der Waals surface area contributed by atoms with Gasteiger partial charge in [0.25, 0.3) is 0 Å². The van der Waals surface area contributed by atoms with Crippen LogP contribution in [-0.4, -0.2) is 41.3 Å². The highest BCUT2D eigenvalue weighted by Crippen LogP contribution is 2.50. The summed E-state index contributed by atoms with van der Waals surface area (Å²) in [5.74, 6) is 0. The lowest BCUT2D eigenvalue weighted by Crippen LogP contribution is -2.24. The number of rotatable bonds is 6. The molecule has 16 heavy (non-hydrogen) atoms. The lowest BCUT2D eigenvalue weighted by molar-refractivity contribution is 0.680. The molecule has 0 aromatic carbocycles. The monoisotopic (exact) mass is 271 g/mol. The van der Waals surface area contributed by atoms with Gasteiger partial charge in [-0.25, -0.2) is 4.98 Å². The van der Waals surface area contributed by atoms with Gasteiger partial charge in [-0.05, 0) is 14.6 Å². The molecule has 0 radical (unpaired) electrons. The molecule has 1 heterocycles. The van der Waals surface area contributed by atoms with Crippen LogP contribution in [0, 0.1) is 0 Å². The van der Waals surface area contributed by atoms with Gasteiger partial charge in [0.15, 0.2) is 0 Å². The number of hydrogen-bond acceptors (Lipinski definition) is 1. The van der Waals surface area contributed by atoms with Gasteiger partial charge in [0, 0.05) is 6.20 Å². The van der Waals surface area contributed by atoms with Crippen LogP contribution in [0.2, 0.25) is 0 Å². The lowest BCUT2D eigenvalue weighted by atomic mass is 10.4. The molecular formula is C11H18N2P3+. The van der Waals surface area contributed by atoms with Gasteiger partial charge in [0.2, 0.25) is 5.02 Å². The fourth-order valence-electron chi connectivity index (χ4n) is 1.54. The van der Waals surface area contributed by atoms with E-state index in [9.17, 15) is 0 Å². The summed E-state index contributed by atoms with van der Waals surface area (Å²) in [5.41, 5.74) is 1.13. The van der Waals surface area contributed by atoms with E-state index in [0.29, 0.717) is 0 Å². The Kier molecular flexibility index (Phi) is 5.06. The molecule has 1 rings (SSSR count). The van der Waals surface area contributed by atoms with Crippen molar-refractivity contribution in [2.75, 3.05) is 12.8 Å². The van der Waals surface area contributed by atoms with Crippen LogP contribution in [0.4, 0.5) is 0 Å². The first-order valence-electron chi connectivity index (χ1n) is 5.08. The van der Waals surface area contributed by atoms with Crippen LogP contribution in [-0.2, 0) is 11.4 Å². The molecule has 2 nitrogen and oxygen atoms in total. The first kappa shape index (κ1) is 13.8. The van der Waals surface area contributed by atoms with Gasteiger partial charge in [-0.3, -0.25) is 4.57 Å². The van der Waals surface area contributed by atoms with Crippen molar-refractivity contribution < 1.29 is 0 Å². The summed E-state index contributed by atoms with van der Waals surface area (Å²) in [6, 6.07) is 0. The van der Waals surface area contributed by atoms with E-state index in [1.54, 1.807) is 0 Å². The van der Waals surface area contributed by atoms with E-state index in [1.165, 1.54) is 0 Å². The van der Waals surface area contributed by atoms with E-state index >= 15 is 0 Å². The SMILES string of the molecule is C=PCC(P=C)(n1cnc(CC)c1)[P+](=C)C. The average molecular weight is 271 g/mol. The van der Waals surface area contributed by atoms with Crippen LogP contribution < -0.4 is 0 Å². The van der Waals surface area contributed by atoms with Crippen LogP contribution in [0.15, 0.2) is 12.5 Å². The predicted octanol–water partition coefficient (Wildman–Crippen LogP) is 3.36. The first-order valence-corrected chi connectivity index (χ1v) is 9.40. The van der Waals surface area contributed by atoms with Gasteiger partial charge in [-0.15, -0.1) is 8.20 Å². The third-order valence-corrected chi connectivity index (χ3v) is 7.74. The van der Waals surface area contributed by atoms with Crippen molar-refractivity contribution in [3.63, 3.8) is 0 Å². The average Bonchev–Trinajstić information content (AvgIpc) is 2.74. The Morgan fingerprint density at radius 3 is 2.62 bits per heavy atom. The normalized spacial score (nSPS) is 16.2. The second-order valence-electron chi connectivity index (χ2n) is 3.64. The maximum Gasteiger partial charge on any atom is 0.248 e. The van der Waals surface area contributed by atoms with Crippen molar-refractivity contribution in [2.24, 2.45) is 0 Å². The van der Waals surface area contributed by atoms with E-state index in [2.05, 4.69) is 48.2 Å². The van der Waals surface area contributed by atoms with Crippen LogP contribution in [0.3, 0.4) is 0 Å². The number of aryl methyl sites for hydroxylation is 1. The molecule has 0 amide bonds. The van der Waals surface area contributed by atoms with Crippen molar-refractivity contribution in [3.8, 4) is 0 Å². The first-order chi connectivity index (χ1) is 7.60. The summed E-state index contributed by atoms with van der Waals surface area (Å²) in [6.45, 7) is 4.32. The number of hydrogen-bond donors (Lipinski definition) is 0. The molecule has 0 aliphatic heterocycles. The van der Waals surface area contributed by atoms with Gasteiger partial charge < -0.3 is 0 Å². The quantitative estimate of drug-likeness (QED) is 0.725. The van der Waals surface area contributed by atoms with Crippen molar-refractivity contribution in [2.45, 2.75) is 18.4 Å². The van der Waals surface area contributed by atoms with Crippen molar-refractivity contribution >= 4 is 42.9 Å². The molecule has 5 heteroatoms. The van der Waals surface area contributed by atoms with Gasteiger partial charge in [-0.1, -0.05) is 19.5 Å². The summed E-state index contributed by atoms with van der Waals surface area (Å²) in [6.07, 6.45) is 18.3. The summed E-state index contributed by atoms with van der Waals surface area (Å²) >= 11 is 0. The molecule has 1 aromatic heterocycles. The summed E-state index contributed by atoms with van der Waals surface area (Å²) in [5, 5.41) is -0.000934. The molecule has 0 fully saturated rings. The highest BCUT2D eigenvalue weighted by molar-refractivity contribution is 7.67. The van der Waals surface area contributed by atoms with Crippen LogP contribution >= 0.6 is 24.0 Å². The maximum atomic E-state index is 4.40. The summed E-state index contributed by atoms with van der Waals surface area (Å²) < 4.78 is 2.21. The summed E-state index contributed by atoms with van der Waals surface area (Å²) in [4.78, 5) is 4.40. The van der Waals surface area contributed by atoms with E-state index < -0.39 is 0 Å². The maximum absolute atomic E-state index is 4.40. The largest absolute Gasteiger partial charge is 0.285 e. The fourth-order valence-corrected chi connectivity index (χ4v) is 5.71. The van der Waals surface area contributed by atoms with Gasteiger partial charge in [0.05, 0.1) is 31.1 Å². The second kappa shape index (κ2) is 5.87. The number of nitrogens with zero attached hydrogens (tertiary/aromatic N) is 2. The van der Waals surface area contributed by atoms with Gasteiger partial charge in [0.1, 0.15) is 7.55 Å². The Morgan fingerprint density at radius 1 is 1.56 bits per heavy atom. The van der Waals surface area contributed by atoms with Crippen LogP contribution in [0.1, 0.15) is 12.6 Å². The molecule has 0 bridgehead atoms. The van der Waals surface area contributed by atoms with Crippen molar-refractivity contribution in [3.05, 3.63) is 18.2 Å². The molecule has 86 valence electrons. The molecule has 2 atom stereocenters. The third kappa shape index (κ3) is 2.51. The minimum absolute atomic E-state index is 0.000934. The molecule has 0 spiro atoms. The van der Waals surface area contributed by atoms with Crippen molar-refractivity contribution in [1.82, 2.24) is 9.55 Å². The van der Waals surface area contributed by atoms with Gasteiger partial charge >= 0.3 is 0 Å². The van der Waals surface area contributed by atoms with E-state index in [0.717, 1.165) is 34.7 Å². The Bertz CT molecular complexity index is 411. The standard InChI is InChI=1S/C11H18N2P3/c1-6-10-7-13(9-12-10)11(15-3,8-14-2)16(4)5/h7,9H,2-4,6,8H2,1,5H3/q+1. The number of imidazole rings is 1. The zero-order valence-electron chi connectivity index (χ0n) is 9.93. The lowest BCUT2D eigenvalue weighted by Gasteiger charge is -2.21. The molecule has 2 unspecified atom stereocenters. The molecule has 0 aliphatic carbocycles. The topological polar surface area (TPSA) is 17.8 Å². The smallest absolute Gasteiger partial charge is 0.248 e. The van der Waals surface area contributed by atoms with Crippen LogP contribution in [0.5, 0.6) is 0 Å². The van der Waals surface area contributed by atoms with E-state index in [4.69, 9.17) is 0 Å². The summed E-state index contributed by atoms with van der Waals surface area (Å²) in [7, 11) is 1.87. The van der Waals surface area contributed by atoms with E-state index in [1.807, 2.05) is 6.33 Å². The highest BCUT2D eigenvalue weighted by Gasteiger charge is 2.38.